The van der Waals surface area contributed by atoms with Gasteiger partial charge in [0.2, 0.25) is 5.91 Å². The lowest BCUT2D eigenvalue weighted by Gasteiger charge is -2.17. The molecule has 2 rings (SSSR count). The van der Waals surface area contributed by atoms with Crippen LogP contribution < -0.4 is 4.90 Å². The molecule has 1 aliphatic heterocycles. The van der Waals surface area contributed by atoms with E-state index in [1.807, 2.05) is 6.07 Å². The summed E-state index contributed by atoms with van der Waals surface area (Å²) in [4.78, 5) is 24.4. The highest BCUT2D eigenvalue weighted by Gasteiger charge is 2.36. The molecule has 1 aromatic rings. The molecule has 1 aliphatic rings. The van der Waals surface area contributed by atoms with Crippen LogP contribution in [0.1, 0.15) is 12.0 Å². The lowest BCUT2D eigenvalue weighted by Crippen LogP contribution is -2.27. The molecule has 0 aliphatic carbocycles. The number of hydrogen-bond acceptors (Lipinski definition) is 4. The van der Waals surface area contributed by atoms with E-state index in [4.69, 9.17) is 5.26 Å². The maximum atomic E-state index is 13.8. The van der Waals surface area contributed by atoms with Crippen molar-refractivity contribution in [2.75, 3.05) is 18.6 Å². The van der Waals surface area contributed by atoms with Gasteiger partial charge in [-0.3, -0.25) is 9.59 Å². The zero-order valence-electron chi connectivity index (χ0n) is 10.2. The Morgan fingerprint density at radius 1 is 1.58 bits per heavy atom. The Balaban J connectivity index is 2.26. The van der Waals surface area contributed by atoms with Crippen LogP contribution in [0.25, 0.3) is 0 Å². The molecule has 0 radical (unpaired) electrons. The fourth-order valence-electron chi connectivity index (χ4n) is 2.06. The van der Waals surface area contributed by atoms with E-state index >= 15 is 0 Å². The zero-order chi connectivity index (χ0) is 14.0. The molecule has 0 aromatic heterocycles. The van der Waals surface area contributed by atoms with Crippen molar-refractivity contribution in [3.05, 3.63) is 29.6 Å². The highest BCUT2D eigenvalue weighted by Crippen LogP contribution is 2.28. The molecule has 0 bridgehead atoms. The van der Waals surface area contributed by atoms with E-state index in [2.05, 4.69) is 4.74 Å². The Hall–Kier alpha value is -2.42. The maximum Gasteiger partial charge on any atom is 0.311 e. The summed E-state index contributed by atoms with van der Waals surface area (Å²) < 4.78 is 18.4. The fraction of sp³-hybridized carbons (Fsp3) is 0.308. The van der Waals surface area contributed by atoms with Gasteiger partial charge in [-0.15, -0.1) is 0 Å². The number of benzene rings is 1. The van der Waals surface area contributed by atoms with Crippen LogP contribution in [0.4, 0.5) is 10.1 Å². The smallest absolute Gasteiger partial charge is 0.311 e. The number of anilines is 1. The first-order chi connectivity index (χ1) is 9.06. The Morgan fingerprint density at radius 3 is 2.89 bits per heavy atom. The molecule has 1 atom stereocenters. The molecule has 6 heteroatoms. The second kappa shape index (κ2) is 5.06. The molecule has 0 saturated carbocycles. The first-order valence-corrected chi connectivity index (χ1v) is 5.64. The second-order valence-corrected chi connectivity index (χ2v) is 4.21. The van der Waals surface area contributed by atoms with Crippen molar-refractivity contribution in [3.8, 4) is 6.07 Å². The highest BCUT2D eigenvalue weighted by atomic mass is 19.1. The average Bonchev–Trinajstić information content (AvgIpc) is 2.79. The van der Waals surface area contributed by atoms with Crippen LogP contribution in [0.2, 0.25) is 0 Å². The van der Waals surface area contributed by atoms with E-state index in [9.17, 15) is 14.0 Å². The summed E-state index contributed by atoms with van der Waals surface area (Å²) in [6, 6.07) is 5.67. The van der Waals surface area contributed by atoms with Crippen LogP contribution in [-0.4, -0.2) is 25.5 Å². The van der Waals surface area contributed by atoms with Gasteiger partial charge >= 0.3 is 5.97 Å². The number of nitrogens with zero attached hydrogens (tertiary/aromatic N) is 2. The van der Waals surface area contributed by atoms with Crippen LogP contribution in [0.5, 0.6) is 0 Å². The highest BCUT2D eigenvalue weighted by molar-refractivity contribution is 5.99. The molecule has 19 heavy (non-hydrogen) atoms. The van der Waals surface area contributed by atoms with Gasteiger partial charge in [0.25, 0.3) is 0 Å². The van der Waals surface area contributed by atoms with Gasteiger partial charge in [0.05, 0.1) is 30.3 Å². The summed E-state index contributed by atoms with van der Waals surface area (Å²) in [5, 5.41) is 8.66. The summed E-state index contributed by atoms with van der Waals surface area (Å²) in [6.07, 6.45) is 0.00607. The minimum absolute atomic E-state index is 0.00607. The Morgan fingerprint density at radius 2 is 2.32 bits per heavy atom. The van der Waals surface area contributed by atoms with Gasteiger partial charge in [-0.1, -0.05) is 0 Å². The zero-order valence-corrected chi connectivity index (χ0v) is 10.2. The van der Waals surface area contributed by atoms with Crippen LogP contribution in [0.15, 0.2) is 18.2 Å². The van der Waals surface area contributed by atoms with E-state index < -0.39 is 17.7 Å². The van der Waals surface area contributed by atoms with Crippen molar-refractivity contribution in [1.29, 1.82) is 5.26 Å². The van der Waals surface area contributed by atoms with Gasteiger partial charge < -0.3 is 9.64 Å². The van der Waals surface area contributed by atoms with Crippen LogP contribution in [-0.2, 0) is 14.3 Å². The Labute approximate surface area is 109 Å². The lowest BCUT2D eigenvalue weighted by molar-refractivity contribution is -0.145. The first kappa shape index (κ1) is 13.0. The minimum atomic E-state index is -0.655. The predicted octanol–water partition coefficient (Wildman–Crippen LogP) is 1.22. The topological polar surface area (TPSA) is 70.4 Å². The number of nitriles is 1. The first-order valence-electron chi connectivity index (χ1n) is 5.64. The van der Waals surface area contributed by atoms with E-state index in [1.54, 1.807) is 0 Å². The number of methoxy groups -OCH3 is 1. The van der Waals surface area contributed by atoms with Crippen LogP contribution in [0, 0.1) is 23.1 Å². The van der Waals surface area contributed by atoms with Crippen molar-refractivity contribution >= 4 is 17.6 Å². The molecule has 1 heterocycles. The van der Waals surface area contributed by atoms with E-state index in [1.165, 1.54) is 24.1 Å². The summed E-state index contributed by atoms with van der Waals surface area (Å²) >= 11 is 0. The van der Waals surface area contributed by atoms with Crippen molar-refractivity contribution in [2.24, 2.45) is 5.92 Å². The summed E-state index contributed by atoms with van der Waals surface area (Å²) in [7, 11) is 1.25. The number of rotatable bonds is 2. The fourth-order valence-corrected chi connectivity index (χ4v) is 2.06. The molecule has 0 N–H and O–H groups in total. The van der Waals surface area contributed by atoms with E-state index in [0.29, 0.717) is 0 Å². The van der Waals surface area contributed by atoms with E-state index in [0.717, 1.165) is 6.07 Å². The number of hydrogen-bond donors (Lipinski definition) is 0. The molecule has 98 valence electrons. The molecule has 0 spiro atoms. The second-order valence-electron chi connectivity index (χ2n) is 4.21. The van der Waals surface area contributed by atoms with Gasteiger partial charge in [0, 0.05) is 13.0 Å². The molecule has 1 saturated heterocycles. The molecule has 1 fully saturated rings. The largest absolute Gasteiger partial charge is 0.469 e. The molecule has 5 nitrogen and oxygen atoms in total. The normalized spacial score (nSPS) is 18.3. The monoisotopic (exact) mass is 262 g/mol. The Bertz CT molecular complexity index is 580. The number of esters is 1. The van der Waals surface area contributed by atoms with E-state index in [-0.39, 0.29) is 30.1 Å². The van der Waals surface area contributed by atoms with Gasteiger partial charge in [-0.05, 0) is 18.2 Å². The van der Waals surface area contributed by atoms with Crippen molar-refractivity contribution < 1.29 is 18.7 Å². The standard InChI is InChI=1S/C13H11FN2O3/c1-19-13(18)9-5-12(17)16(7-9)11-3-2-8(6-15)4-10(11)14/h2-4,9H,5,7H2,1H3. The SMILES string of the molecule is COC(=O)C1CC(=O)N(c2ccc(C#N)cc2F)C1. The van der Waals surface area contributed by atoms with Gasteiger partial charge in [-0.25, -0.2) is 4.39 Å². The quantitative estimate of drug-likeness (QED) is 0.751. The third-order valence-electron chi connectivity index (χ3n) is 3.03. The molecular formula is C13H11FN2O3. The molecule has 1 unspecified atom stereocenters. The molecule has 1 amide bonds. The number of carbonyl (C=O) groups excluding carboxylic acids is 2. The van der Waals surface area contributed by atoms with Gasteiger partial charge in [0.15, 0.2) is 0 Å². The number of amides is 1. The van der Waals surface area contributed by atoms with Gasteiger partial charge in [-0.2, -0.15) is 5.26 Å². The summed E-state index contributed by atoms with van der Waals surface area (Å²) in [5.41, 5.74) is 0.257. The maximum absolute atomic E-state index is 13.8. The molecule has 1 aromatic carbocycles. The third-order valence-corrected chi connectivity index (χ3v) is 3.03. The minimum Gasteiger partial charge on any atom is -0.469 e. The predicted molar refractivity (Wildman–Crippen MR) is 63.6 cm³/mol. The lowest BCUT2D eigenvalue weighted by atomic mass is 10.1. The van der Waals surface area contributed by atoms with Crippen LogP contribution >= 0.6 is 0 Å². The number of carbonyl (C=O) groups is 2. The number of ether oxygens (including phenoxy) is 1. The van der Waals surface area contributed by atoms with Crippen molar-refractivity contribution in [2.45, 2.75) is 6.42 Å². The molecular weight excluding hydrogens is 251 g/mol. The average molecular weight is 262 g/mol. The third kappa shape index (κ3) is 2.40. The summed E-state index contributed by atoms with van der Waals surface area (Å²) in [6.45, 7) is 0.0916. The van der Waals surface area contributed by atoms with Crippen LogP contribution in [0.3, 0.4) is 0 Å². The Kier molecular flexibility index (Phi) is 3.47. The number of halogens is 1. The van der Waals surface area contributed by atoms with Crippen molar-refractivity contribution in [1.82, 2.24) is 0 Å². The van der Waals surface area contributed by atoms with Crippen molar-refractivity contribution in [3.63, 3.8) is 0 Å². The summed E-state index contributed by atoms with van der Waals surface area (Å²) in [5.74, 6) is -2.05. The van der Waals surface area contributed by atoms with Gasteiger partial charge in [0.1, 0.15) is 5.82 Å².